The summed E-state index contributed by atoms with van der Waals surface area (Å²) in [5, 5.41) is 7.35. The first-order valence-electron chi connectivity index (χ1n) is 10.2. The average molecular weight is 436 g/mol. The Hall–Kier alpha value is -2.42. The number of hydrogen-bond acceptors (Lipinski definition) is 6. The number of nitrogens with one attached hydrogen (secondary N) is 2. The summed E-state index contributed by atoms with van der Waals surface area (Å²) in [7, 11) is 0. The molecule has 1 saturated carbocycles. The number of imide groups is 1. The minimum Gasteiger partial charge on any atom is -0.454 e. The van der Waals surface area contributed by atoms with Crippen molar-refractivity contribution in [2.24, 2.45) is 11.3 Å². The van der Waals surface area contributed by atoms with Gasteiger partial charge in [0.25, 0.3) is 11.8 Å². The van der Waals surface area contributed by atoms with E-state index in [9.17, 15) is 19.2 Å². The van der Waals surface area contributed by atoms with Gasteiger partial charge in [0.05, 0.1) is 6.54 Å². The average Bonchev–Trinajstić information content (AvgIpc) is 3.28. The van der Waals surface area contributed by atoms with Crippen LogP contribution in [0.25, 0.3) is 0 Å². The predicted molar refractivity (Wildman–Crippen MR) is 112 cm³/mol. The Morgan fingerprint density at radius 1 is 1.30 bits per heavy atom. The maximum absolute atomic E-state index is 12.9. The highest BCUT2D eigenvalue weighted by molar-refractivity contribution is 7.09. The zero-order chi connectivity index (χ0) is 21.9. The molecular formula is C21H29N3O5S. The summed E-state index contributed by atoms with van der Waals surface area (Å²) in [6.07, 6.45) is 2.82. The smallest absolute Gasteiger partial charge is 0.326 e. The van der Waals surface area contributed by atoms with Crippen molar-refractivity contribution in [2.75, 3.05) is 13.2 Å². The molecule has 9 heteroatoms. The lowest BCUT2D eigenvalue weighted by molar-refractivity contribution is -0.151. The van der Waals surface area contributed by atoms with Crippen LogP contribution in [0.3, 0.4) is 0 Å². The maximum Gasteiger partial charge on any atom is 0.326 e. The molecule has 1 aromatic rings. The van der Waals surface area contributed by atoms with Gasteiger partial charge in [-0.3, -0.25) is 19.3 Å². The van der Waals surface area contributed by atoms with Crippen LogP contribution in [0.15, 0.2) is 17.5 Å². The molecule has 0 radical (unpaired) electrons. The third kappa shape index (κ3) is 5.00. The molecule has 2 fully saturated rings. The summed E-state index contributed by atoms with van der Waals surface area (Å²) < 4.78 is 4.95. The van der Waals surface area contributed by atoms with E-state index in [1.807, 2.05) is 17.5 Å². The fourth-order valence-electron chi connectivity index (χ4n) is 4.11. The number of rotatable bonds is 6. The number of ether oxygens (including phenoxy) is 1. The Morgan fingerprint density at radius 2 is 2.00 bits per heavy atom. The number of urea groups is 1. The normalized spacial score (nSPS) is 24.1. The van der Waals surface area contributed by atoms with Crippen molar-refractivity contribution in [3.63, 3.8) is 0 Å². The van der Waals surface area contributed by atoms with E-state index in [4.69, 9.17) is 4.74 Å². The van der Waals surface area contributed by atoms with Gasteiger partial charge in [-0.25, -0.2) is 4.79 Å². The van der Waals surface area contributed by atoms with Crippen molar-refractivity contribution in [1.82, 2.24) is 15.5 Å². The van der Waals surface area contributed by atoms with E-state index in [0.29, 0.717) is 25.3 Å². The molecule has 1 aliphatic heterocycles. The van der Waals surface area contributed by atoms with Crippen LogP contribution < -0.4 is 10.6 Å². The van der Waals surface area contributed by atoms with Crippen molar-refractivity contribution in [2.45, 2.75) is 58.5 Å². The second-order valence-electron chi connectivity index (χ2n) is 9.06. The fourth-order valence-corrected chi connectivity index (χ4v) is 4.75. The van der Waals surface area contributed by atoms with Crippen LogP contribution in [0, 0.1) is 11.3 Å². The van der Waals surface area contributed by atoms with E-state index in [2.05, 4.69) is 31.4 Å². The molecule has 0 atom stereocenters. The van der Waals surface area contributed by atoms with Gasteiger partial charge in [0.1, 0.15) is 12.1 Å². The highest BCUT2D eigenvalue weighted by atomic mass is 32.1. The molecule has 2 N–H and O–H groups in total. The molecule has 0 bridgehead atoms. The van der Waals surface area contributed by atoms with Crippen molar-refractivity contribution >= 4 is 35.2 Å². The van der Waals surface area contributed by atoms with E-state index < -0.39 is 36.6 Å². The molecule has 30 heavy (non-hydrogen) atoms. The third-order valence-electron chi connectivity index (χ3n) is 6.00. The number of carbonyl (C=O) groups excluding carboxylic acids is 4. The molecule has 0 aromatic carbocycles. The first-order valence-corrected chi connectivity index (χ1v) is 11.1. The highest BCUT2D eigenvalue weighted by Crippen LogP contribution is 2.43. The molecule has 3 rings (SSSR count). The van der Waals surface area contributed by atoms with Crippen molar-refractivity contribution in [1.29, 1.82) is 0 Å². The Balaban J connectivity index is 1.47. The van der Waals surface area contributed by atoms with E-state index in [-0.39, 0.29) is 11.3 Å². The first-order chi connectivity index (χ1) is 14.1. The predicted octanol–water partition coefficient (Wildman–Crippen LogP) is 2.43. The maximum atomic E-state index is 12.9. The van der Waals surface area contributed by atoms with Crippen LogP contribution in [0.2, 0.25) is 0 Å². The van der Waals surface area contributed by atoms with E-state index >= 15 is 0 Å². The van der Waals surface area contributed by atoms with Gasteiger partial charge < -0.3 is 15.4 Å². The zero-order valence-electron chi connectivity index (χ0n) is 17.7. The number of nitrogens with zero attached hydrogens (tertiary/aromatic N) is 1. The second kappa shape index (κ2) is 8.75. The molecule has 1 spiro atoms. The minimum atomic E-state index is -0.919. The molecule has 1 saturated heterocycles. The fraction of sp³-hybridized carbons (Fsp3) is 0.619. The summed E-state index contributed by atoms with van der Waals surface area (Å²) in [6.45, 7) is 5.97. The number of amides is 4. The zero-order valence-corrected chi connectivity index (χ0v) is 18.5. The molecule has 164 valence electrons. The van der Waals surface area contributed by atoms with Gasteiger partial charge in [0.15, 0.2) is 6.61 Å². The summed E-state index contributed by atoms with van der Waals surface area (Å²) >= 11 is 1.51. The topological polar surface area (TPSA) is 105 Å². The lowest BCUT2D eigenvalue weighted by atomic mass is 9.67. The van der Waals surface area contributed by atoms with Gasteiger partial charge in [-0.1, -0.05) is 26.8 Å². The van der Waals surface area contributed by atoms with Gasteiger partial charge in [-0.15, -0.1) is 11.3 Å². The summed E-state index contributed by atoms with van der Waals surface area (Å²) in [6, 6.07) is 3.19. The Morgan fingerprint density at radius 3 is 2.60 bits per heavy atom. The molecule has 2 aliphatic rings. The molecule has 1 aliphatic carbocycles. The van der Waals surface area contributed by atoms with E-state index in [1.54, 1.807) is 0 Å². The SMILES string of the molecule is CC(C)(C)C1CCC2(CC1)NC(=O)N(CC(=O)OCC(=O)NCc1cccs1)C2=O. The quantitative estimate of drug-likeness (QED) is 0.527. The van der Waals surface area contributed by atoms with Crippen LogP contribution in [0.1, 0.15) is 51.3 Å². The largest absolute Gasteiger partial charge is 0.454 e. The Kier molecular flexibility index (Phi) is 6.50. The number of esters is 1. The van der Waals surface area contributed by atoms with E-state index in [1.165, 1.54) is 11.3 Å². The van der Waals surface area contributed by atoms with Gasteiger partial charge >= 0.3 is 12.0 Å². The third-order valence-corrected chi connectivity index (χ3v) is 6.88. The molecule has 8 nitrogen and oxygen atoms in total. The Bertz CT molecular complexity index is 807. The molecule has 1 aromatic heterocycles. The highest BCUT2D eigenvalue weighted by Gasteiger charge is 2.53. The van der Waals surface area contributed by atoms with Crippen LogP contribution >= 0.6 is 11.3 Å². The van der Waals surface area contributed by atoms with Gasteiger partial charge in [-0.2, -0.15) is 0 Å². The summed E-state index contributed by atoms with van der Waals surface area (Å²) in [4.78, 5) is 51.1. The van der Waals surface area contributed by atoms with E-state index in [0.717, 1.165) is 22.6 Å². The number of hydrogen-bond donors (Lipinski definition) is 2. The van der Waals surface area contributed by atoms with Crippen molar-refractivity contribution in [3.8, 4) is 0 Å². The summed E-state index contributed by atoms with van der Waals surface area (Å²) in [5.74, 6) is -1.12. The molecule has 2 heterocycles. The van der Waals surface area contributed by atoms with Crippen LogP contribution in [-0.2, 0) is 25.7 Å². The van der Waals surface area contributed by atoms with Gasteiger partial charge in [-0.05, 0) is 48.5 Å². The molecule has 4 amide bonds. The van der Waals surface area contributed by atoms with Gasteiger partial charge in [0, 0.05) is 4.88 Å². The number of carbonyl (C=O) groups is 4. The lowest BCUT2D eigenvalue weighted by Gasteiger charge is -2.40. The molecule has 0 unspecified atom stereocenters. The van der Waals surface area contributed by atoms with Crippen molar-refractivity contribution in [3.05, 3.63) is 22.4 Å². The minimum absolute atomic E-state index is 0.154. The lowest BCUT2D eigenvalue weighted by Crippen LogP contribution is -2.50. The second-order valence-corrected chi connectivity index (χ2v) is 10.1. The summed E-state index contributed by atoms with van der Waals surface area (Å²) in [5.41, 5.74) is -0.766. The molecular weight excluding hydrogens is 406 g/mol. The van der Waals surface area contributed by atoms with Gasteiger partial charge in [0.2, 0.25) is 0 Å². The number of thiophene rings is 1. The van der Waals surface area contributed by atoms with Crippen LogP contribution in [0.4, 0.5) is 4.79 Å². The van der Waals surface area contributed by atoms with Crippen molar-refractivity contribution < 1.29 is 23.9 Å². The monoisotopic (exact) mass is 435 g/mol. The Labute approximate surface area is 180 Å². The standard InChI is InChI=1S/C21H29N3O5S/c1-20(2,3)14-6-8-21(9-7-14)18(27)24(19(28)23-21)12-17(26)29-13-16(25)22-11-15-5-4-10-30-15/h4-5,10,14H,6-9,11-13H2,1-3H3,(H,22,25)(H,23,28). The van der Waals surface area contributed by atoms with Crippen LogP contribution in [-0.4, -0.2) is 47.4 Å². The first kappa shape index (κ1) is 22.3. The van der Waals surface area contributed by atoms with Crippen LogP contribution in [0.5, 0.6) is 0 Å².